The minimum Gasteiger partial charge on any atom is -0.426 e. The van der Waals surface area contributed by atoms with Gasteiger partial charge in [-0.1, -0.05) is 67.8 Å². The zero-order chi connectivity index (χ0) is 22.6. The van der Waals surface area contributed by atoms with Gasteiger partial charge in [-0.2, -0.15) is 0 Å². The lowest BCUT2D eigenvalue weighted by atomic mass is 9.89. The number of nitrogens with one attached hydrogen (secondary N) is 1. The molecule has 1 aliphatic rings. The molecule has 2 aromatic heterocycles. The van der Waals surface area contributed by atoms with Crippen LogP contribution in [0.15, 0.2) is 72.9 Å². The largest absolute Gasteiger partial charge is 0.426 e. The number of hydrogen-bond donors (Lipinski definition) is 1. The first-order valence-corrected chi connectivity index (χ1v) is 11.8. The molecule has 0 unspecified atom stereocenters. The average Bonchev–Trinajstić information content (AvgIpc) is 3.24. The van der Waals surface area contributed by atoms with Crippen LogP contribution in [0.3, 0.4) is 0 Å². The van der Waals surface area contributed by atoms with Crippen molar-refractivity contribution in [2.75, 3.05) is 5.32 Å². The number of esters is 1. The number of hydrogen-bond acceptors (Lipinski definition) is 4. The average molecular weight is 440 g/mol. The number of pyridine rings is 1. The molecule has 1 N–H and O–H groups in total. The number of carbonyl (C=O) groups is 1. The first-order chi connectivity index (χ1) is 16.2. The number of para-hydroxylation sites is 1. The van der Waals surface area contributed by atoms with E-state index < -0.39 is 0 Å². The first-order valence-electron chi connectivity index (χ1n) is 11.8. The molecule has 168 valence electrons. The van der Waals surface area contributed by atoms with Crippen LogP contribution in [0.2, 0.25) is 0 Å². The van der Waals surface area contributed by atoms with Gasteiger partial charge >= 0.3 is 5.97 Å². The van der Waals surface area contributed by atoms with Crippen LogP contribution in [-0.4, -0.2) is 15.4 Å². The smallest absolute Gasteiger partial charge is 0.314 e. The third-order valence-corrected chi connectivity index (χ3v) is 6.44. The molecular weight excluding hydrogens is 410 g/mol. The van der Waals surface area contributed by atoms with Gasteiger partial charge in [0.1, 0.15) is 22.9 Å². The molecule has 5 rings (SSSR count). The second-order valence-electron chi connectivity index (χ2n) is 8.79. The molecule has 0 amide bonds. The zero-order valence-electron chi connectivity index (χ0n) is 19.0. The van der Waals surface area contributed by atoms with Gasteiger partial charge in [0.05, 0.1) is 5.92 Å². The van der Waals surface area contributed by atoms with Gasteiger partial charge in [-0.05, 0) is 49.1 Å². The minimum absolute atomic E-state index is 0.00852. The SMILES string of the molecule is Cc1cccn2c(NCc3ccccc3)c(-c3ccccc3OC(=O)C3CCCCC3)nc12. The zero-order valence-corrected chi connectivity index (χ0v) is 19.0. The summed E-state index contributed by atoms with van der Waals surface area (Å²) in [6.07, 6.45) is 7.25. The van der Waals surface area contributed by atoms with Crippen LogP contribution in [-0.2, 0) is 11.3 Å². The number of imidazole rings is 1. The third kappa shape index (κ3) is 4.49. The Bertz CT molecular complexity index is 1260. The highest BCUT2D eigenvalue weighted by Gasteiger charge is 2.25. The summed E-state index contributed by atoms with van der Waals surface area (Å²) in [6.45, 7) is 2.72. The highest BCUT2D eigenvalue weighted by atomic mass is 16.5. The molecule has 0 aliphatic heterocycles. The number of aryl methyl sites for hydroxylation is 1. The number of benzene rings is 2. The normalized spacial score (nSPS) is 14.3. The Labute approximate surface area is 194 Å². The maximum atomic E-state index is 12.9. The molecule has 1 aliphatic carbocycles. The van der Waals surface area contributed by atoms with Crippen molar-refractivity contribution in [1.29, 1.82) is 0 Å². The van der Waals surface area contributed by atoms with E-state index in [0.717, 1.165) is 54.0 Å². The van der Waals surface area contributed by atoms with Crippen LogP contribution in [0, 0.1) is 12.8 Å². The van der Waals surface area contributed by atoms with Crippen molar-refractivity contribution in [3.05, 3.63) is 84.1 Å². The quantitative estimate of drug-likeness (QED) is 0.279. The number of anilines is 1. The summed E-state index contributed by atoms with van der Waals surface area (Å²) < 4.78 is 8.04. The van der Waals surface area contributed by atoms with Gasteiger partial charge < -0.3 is 10.1 Å². The Morgan fingerprint density at radius 1 is 1.00 bits per heavy atom. The Kier molecular flexibility index (Phi) is 6.11. The van der Waals surface area contributed by atoms with E-state index in [4.69, 9.17) is 9.72 Å². The maximum Gasteiger partial charge on any atom is 0.314 e. The van der Waals surface area contributed by atoms with Crippen molar-refractivity contribution in [3.8, 4) is 17.0 Å². The van der Waals surface area contributed by atoms with Crippen LogP contribution in [0.1, 0.15) is 43.2 Å². The van der Waals surface area contributed by atoms with E-state index >= 15 is 0 Å². The number of carbonyl (C=O) groups excluding carboxylic acids is 1. The minimum atomic E-state index is -0.124. The van der Waals surface area contributed by atoms with Gasteiger partial charge in [0.25, 0.3) is 0 Å². The molecule has 0 radical (unpaired) electrons. The molecule has 2 heterocycles. The summed E-state index contributed by atoms with van der Waals surface area (Å²) in [5.74, 6) is 1.32. The predicted octanol–water partition coefficient (Wildman–Crippen LogP) is 6.41. The topological polar surface area (TPSA) is 55.6 Å². The van der Waals surface area contributed by atoms with E-state index in [1.807, 2.05) is 54.7 Å². The van der Waals surface area contributed by atoms with Gasteiger partial charge in [0, 0.05) is 18.3 Å². The van der Waals surface area contributed by atoms with Crippen molar-refractivity contribution in [3.63, 3.8) is 0 Å². The number of fused-ring (bicyclic) bond motifs is 1. The standard InChI is InChI=1S/C28H29N3O2/c1-20-11-10-18-31-26(20)30-25(27(31)29-19-21-12-4-2-5-13-21)23-16-8-9-17-24(23)33-28(32)22-14-6-3-7-15-22/h2,4-5,8-13,16-18,22,29H,3,6-7,14-15,19H2,1H3. The third-order valence-electron chi connectivity index (χ3n) is 6.44. The van der Waals surface area contributed by atoms with Crippen LogP contribution < -0.4 is 10.1 Å². The molecule has 4 aromatic rings. The first kappa shape index (κ1) is 21.3. The molecule has 1 fully saturated rings. The fraction of sp³-hybridized carbons (Fsp3) is 0.286. The van der Waals surface area contributed by atoms with Crippen molar-refractivity contribution in [1.82, 2.24) is 9.38 Å². The van der Waals surface area contributed by atoms with Crippen LogP contribution in [0.25, 0.3) is 16.9 Å². The molecule has 0 atom stereocenters. The summed E-state index contributed by atoms with van der Waals surface area (Å²) in [6, 6.07) is 22.1. The lowest BCUT2D eigenvalue weighted by Gasteiger charge is -2.20. The number of ether oxygens (including phenoxy) is 1. The summed E-state index contributed by atoms with van der Waals surface area (Å²) in [5.41, 5.74) is 4.76. The Balaban J connectivity index is 1.53. The second kappa shape index (κ2) is 9.49. The highest BCUT2D eigenvalue weighted by Crippen LogP contribution is 2.37. The molecule has 0 spiro atoms. The van der Waals surface area contributed by atoms with Gasteiger partial charge in [-0.3, -0.25) is 9.20 Å². The molecule has 5 nitrogen and oxygen atoms in total. The number of rotatable bonds is 6. The summed E-state index contributed by atoms with van der Waals surface area (Å²) >= 11 is 0. The summed E-state index contributed by atoms with van der Waals surface area (Å²) in [5, 5.41) is 3.58. The van der Waals surface area contributed by atoms with Crippen molar-refractivity contribution < 1.29 is 9.53 Å². The maximum absolute atomic E-state index is 12.9. The summed E-state index contributed by atoms with van der Waals surface area (Å²) in [4.78, 5) is 17.9. The Morgan fingerprint density at radius 2 is 1.76 bits per heavy atom. The number of nitrogens with zero attached hydrogens (tertiary/aromatic N) is 2. The molecule has 0 saturated heterocycles. The van der Waals surface area contributed by atoms with Gasteiger partial charge in [-0.15, -0.1) is 0 Å². The van der Waals surface area contributed by atoms with Crippen LogP contribution in [0.5, 0.6) is 5.75 Å². The van der Waals surface area contributed by atoms with Crippen LogP contribution in [0.4, 0.5) is 5.82 Å². The predicted molar refractivity (Wildman–Crippen MR) is 131 cm³/mol. The van der Waals surface area contributed by atoms with Crippen molar-refractivity contribution in [2.24, 2.45) is 5.92 Å². The highest BCUT2D eigenvalue weighted by molar-refractivity contribution is 5.84. The van der Waals surface area contributed by atoms with Crippen molar-refractivity contribution >= 4 is 17.4 Å². The van der Waals surface area contributed by atoms with Crippen LogP contribution >= 0.6 is 0 Å². The monoisotopic (exact) mass is 439 g/mol. The lowest BCUT2D eigenvalue weighted by Crippen LogP contribution is -2.23. The summed E-state index contributed by atoms with van der Waals surface area (Å²) in [7, 11) is 0. The Morgan fingerprint density at radius 3 is 2.58 bits per heavy atom. The number of aromatic nitrogens is 2. The lowest BCUT2D eigenvalue weighted by molar-refractivity contribution is -0.139. The Hall–Kier alpha value is -3.60. The molecule has 1 saturated carbocycles. The molecule has 33 heavy (non-hydrogen) atoms. The van der Waals surface area contributed by atoms with E-state index in [0.29, 0.717) is 12.3 Å². The van der Waals surface area contributed by atoms with E-state index in [-0.39, 0.29) is 11.9 Å². The van der Waals surface area contributed by atoms with Gasteiger partial charge in [0.2, 0.25) is 0 Å². The van der Waals surface area contributed by atoms with E-state index in [2.05, 4.69) is 34.8 Å². The second-order valence-corrected chi connectivity index (χ2v) is 8.79. The molecular formula is C28H29N3O2. The fourth-order valence-electron chi connectivity index (χ4n) is 4.62. The van der Waals surface area contributed by atoms with E-state index in [1.165, 1.54) is 12.0 Å². The van der Waals surface area contributed by atoms with E-state index in [1.54, 1.807) is 0 Å². The van der Waals surface area contributed by atoms with Gasteiger partial charge in [-0.25, -0.2) is 4.98 Å². The molecule has 2 aromatic carbocycles. The fourth-order valence-corrected chi connectivity index (χ4v) is 4.62. The van der Waals surface area contributed by atoms with Gasteiger partial charge in [0.15, 0.2) is 0 Å². The van der Waals surface area contributed by atoms with E-state index in [9.17, 15) is 4.79 Å². The molecule has 0 bridgehead atoms. The molecule has 5 heteroatoms. The van der Waals surface area contributed by atoms with Crippen molar-refractivity contribution in [2.45, 2.75) is 45.6 Å².